The molecule has 2 N–H and O–H groups in total. The molecule has 0 saturated carbocycles. The smallest absolute Gasteiger partial charge is 0.306 e. The van der Waals surface area contributed by atoms with Crippen LogP contribution in [0.4, 0.5) is 0 Å². The van der Waals surface area contributed by atoms with Crippen LogP contribution < -0.4 is 4.72 Å². The van der Waals surface area contributed by atoms with Crippen LogP contribution in [0.1, 0.15) is 25.3 Å². The van der Waals surface area contributed by atoms with E-state index in [1.54, 1.807) is 6.92 Å². The Morgan fingerprint density at radius 3 is 2.55 bits per heavy atom. The first-order chi connectivity index (χ1) is 9.41. The normalized spacial score (nSPS) is 13.1. The molecule has 20 heavy (non-hydrogen) atoms. The van der Waals surface area contributed by atoms with Gasteiger partial charge in [0.1, 0.15) is 0 Å². The van der Waals surface area contributed by atoms with E-state index >= 15 is 0 Å². The Bertz CT molecular complexity index is 513. The molecule has 0 spiro atoms. The Balaban J connectivity index is 2.26. The minimum Gasteiger partial charge on any atom is -0.481 e. The van der Waals surface area contributed by atoms with E-state index in [0.29, 0.717) is 19.3 Å². The highest BCUT2D eigenvalue weighted by atomic mass is 32.2. The first-order valence-electron chi connectivity index (χ1n) is 6.65. The van der Waals surface area contributed by atoms with Crippen LogP contribution in [0.25, 0.3) is 0 Å². The fraction of sp³-hybridized carbons (Fsp3) is 0.500. The number of benzene rings is 1. The van der Waals surface area contributed by atoms with Crippen molar-refractivity contribution in [1.29, 1.82) is 0 Å². The first kappa shape index (κ1) is 16.7. The molecule has 5 nitrogen and oxygen atoms in total. The Kier molecular flexibility index (Phi) is 6.67. The van der Waals surface area contributed by atoms with Gasteiger partial charge < -0.3 is 5.11 Å². The molecule has 6 heteroatoms. The van der Waals surface area contributed by atoms with Crippen molar-refractivity contribution in [2.45, 2.75) is 26.2 Å². The number of carbonyl (C=O) groups is 1. The third-order valence-electron chi connectivity index (χ3n) is 3.06. The van der Waals surface area contributed by atoms with E-state index in [2.05, 4.69) is 4.72 Å². The molecule has 0 bridgehead atoms. The van der Waals surface area contributed by atoms with Crippen molar-refractivity contribution in [3.8, 4) is 0 Å². The van der Waals surface area contributed by atoms with E-state index in [1.165, 1.54) is 0 Å². The van der Waals surface area contributed by atoms with Gasteiger partial charge in [-0.05, 0) is 24.8 Å². The van der Waals surface area contributed by atoms with E-state index < -0.39 is 21.9 Å². The van der Waals surface area contributed by atoms with E-state index in [-0.39, 0.29) is 12.3 Å². The zero-order valence-electron chi connectivity index (χ0n) is 11.6. The maximum atomic E-state index is 11.8. The average molecular weight is 299 g/mol. The van der Waals surface area contributed by atoms with Gasteiger partial charge in [0.2, 0.25) is 10.0 Å². The summed E-state index contributed by atoms with van der Waals surface area (Å²) in [6, 6.07) is 9.43. The quantitative estimate of drug-likeness (QED) is 0.679. The van der Waals surface area contributed by atoms with Crippen molar-refractivity contribution < 1.29 is 18.3 Å². The standard InChI is InChI=1S/C14H21NO4S/c1-12(14(16)17)6-5-10-15-20(18,19)11-9-13-7-3-2-4-8-13/h2-4,7-8,12,15H,5-6,9-11H2,1H3,(H,16,17). The lowest BCUT2D eigenvalue weighted by Gasteiger charge is -2.08. The molecule has 0 aromatic heterocycles. The van der Waals surface area contributed by atoms with Gasteiger partial charge in [-0.1, -0.05) is 37.3 Å². The number of aliphatic carboxylic acids is 1. The fourth-order valence-corrected chi connectivity index (χ4v) is 2.83. The summed E-state index contributed by atoms with van der Waals surface area (Å²) in [5.74, 6) is -1.24. The summed E-state index contributed by atoms with van der Waals surface area (Å²) in [7, 11) is -3.30. The molecule has 0 aliphatic heterocycles. The average Bonchev–Trinajstić information content (AvgIpc) is 2.42. The highest BCUT2D eigenvalue weighted by Crippen LogP contribution is 2.05. The summed E-state index contributed by atoms with van der Waals surface area (Å²) in [5, 5.41) is 8.71. The Morgan fingerprint density at radius 2 is 1.95 bits per heavy atom. The zero-order valence-corrected chi connectivity index (χ0v) is 12.4. The number of aryl methyl sites for hydroxylation is 1. The number of nitrogens with one attached hydrogen (secondary N) is 1. The number of hydrogen-bond donors (Lipinski definition) is 2. The van der Waals surface area contributed by atoms with Gasteiger partial charge >= 0.3 is 5.97 Å². The Hall–Kier alpha value is -1.40. The van der Waals surface area contributed by atoms with Crippen molar-refractivity contribution in [1.82, 2.24) is 4.72 Å². The first-order valence-corrected chi connectivity index (χ1v) is 8.30. The molecule has 112 valence electrons. The molecule has 1 atom stereocenters. The van der Waals surface area contributed by atoms with Crippen LogP contribution in [0.15, 0.2) is 30.3 Å². The molecule has 0 heterocycles. The second-order valence-electron chi connectivity index (χ2n) is 4.83. The lowest BCUT2D eigenvalue weighted by Crippen LogP contribution is -2.28. The van der Waals surface area contributed by atoms with E-state index in [9.17, 15) is 13.2 Å². The van der Waals surface area contributed by atoms with E-state index in [0.717, 1.165) is 5.56 Å². The SMILES string of the molecule is CC(CCCNS(=O)(=O)CCc1ccccc1)C(=O)O. The molecular weight excluding hydrogens is 278 g/mol. The maximum Gasteiger partial charge on any atom is 0.306 e. The second-order valence-corrected chi connectivity index (χ2v) is 6.76. The molecular formula is C14H21NO4S. The molecule has 1 aromatic carbocycles. The summed E-state index contributed by atoms with van der Waals surface area (Å²) in [4.78, 5) is 10.6. The molecule has 0 aliphatic rings. The molecule has 0 radical (unpaired) electrons. The minimum atomic E-state index is -3.30. The molecule has 0 aliphatic carbocycles. The largest absolute Gasteiger partial charge is 0.481 e. The molecule has 0 saturated heterocycles. The third kappa shape index (κ3) is 6.68. The molecule has 0 amide bonds. The second kappa shape index (κ2) is 8.01. The van der Waals surface area contributed by atoms with Crippen LogP contribution in [0.2, 0.25) is 0 Å². The highest BCUT2D eigenvalue weighted by Gasteiger charge is 2.12. The van der Waals surface area contributed by atoms with Crippen LogP contribution in [0.5, 0.6) is 0 Å². The van der Waals surface area contributed by atoms with Crippen LogP contribution in [-0.4, -0.2) is 31.8 Å². The van der Waals surface area contributed by atoms with Crippen LogP contribution >= 0.6 is 0 Å². The molecule has 0 fully saturated rings. The summed E-state index contributed by atoms with van der Waals surface area (Å²) >= 11 is 0. The number of carboxylic acid groups (broad SMARTS) is 1. The summed E-state index contributed by atoms with van der Waals surface area (Å²) in [5.41, 5.74) is 0.984. The predicted molar refractivity (Wildman–Crippen MR) is 78.0 cm³/mol. The summed E-state index contributed by atoms with van der Waals surface area (Å²) in [6.07, 6.45) is 1.47. The Labute approximate surface area is 120 Å². The zero-order chi connectivity index (χ0) is 15.0. The van der Waals surface area contributed by atoms with Gasteiger partial charge in [-0.15, -0.1) is 0 Å². The van der Waals surface area contributed by atoms with Crippen LogP contribution in [-0.2, 0) is 21.2 Å². The molecule has 1 rings (SSSR count). The van der Waals surface area contributed by atoms with Gasteiger partial charge in [0.25, 0.3) is 0 Å². The molecule has 1 unspecified atom stereocenters. The van der Waals surface area contributed by atoms with Gasteiger partial charge in [0.15, 0.2) is 0 Å². The van der Waals surface area contributed by atoms with Crippen molar-refractivity contribution in [3.63, 3.8) is 0 Å². The lowest BCUT2D eigenvalue weighted by atomic mass is 10.1. The topological polar surface area (TPSA) is 83.5 Å². The van der Waals surface area contributed by atoms with Crippen LogP contribution in [0.3, 0.4) is 0 Å². The van der Waals surface area contributed by atoms with Gasteiger partial charge in [-0.25, -0.2) is 13.1 Å². The van der Waals surface area contributed by atoms with Crippen molar-refractivity contribution in [2.24, 2.45) is 5.92 Å². The predicted octanol–water partition coefficient (Wildman–Crippen LogP) is 1.65. The number of sulfonamides is 1. The van der Waals surface area contributed by atoms with Gasteiger partial charge in [-0.2, -0.15) is 0 Å². The van der Waals surface area contributed by atoms with Crippen molar-refractivity contribution >= 4 is 16.0 Å². The van der Waals surface area contributed by atoms with Crippen LogP contribution in [0, 0.1) is 5.92 Å². The summed E-state index contributed by atoms with van der Waals surface area (Å²) < 4.78 is 26.0. The van der Waals surface area contributed by atoms with Crippen molar-refractivity contribution in [2.75, 3.05) is 12.3 Å². The van der Waals surface area contributed by atoms with E-state index in [1.807, 2.05) is 30.3 Å². The summed E-state index contributed by atoms with van der Waals surface area (Å²) in [6.45, 7) is 1.90. The maximum absolute atomic E-state index is 11.8. The van der Waals surface area contributed by atoms with Gasteiger partial charge in [0, 0.05) is 6.54 Å². The minimum absolute atomic E-state index is 0.0471. The van der Waals surface area contributed by atoms with Gasteiger partial charge in [0.05, 0.1) is 11.7 Å². The van der Waals surface area contributed by atoms with Gasteiger partial charge in [-0.3, -0.25) is 4.79 Å². The Morgan fingerprint density at radius 1 is 1.30 bits per heavy atom. The highest BCUT2D eigenvalue weighted by molar-refractivity contribution is 7.89. The fourth-order valence-electron chi connectivity index (χ4n) is 1.73. The van der Waals surface area contributed by atoms with E-state index in [4.69, 9.17) is 5.11 Å². The molecule has 1 aromatic rings. The lowest BCUT2D eigenvalue weighted by molar-refractivity contribution is -0.141. The monoisotopic (exact) mass is 299 g/mol. The number of rotatable bonds is 9. The number of hydrogen-bond acceptors (Lipinski definition) is 3. The third-order valence-corrected chi connectivity index (χ3v) is 4.45. The number of carboxylic acids is 1. The van der Waals surface area contributed by atoms with Crippen molar-refractivity contribution in [3.05, 3.63) is 35.9 Å².